The minimum absolute atomic E-state index is 0.102. The Kier molecular flexibility index (Phi) is 9.80. The number of non-ortho nitro benzene ring substituents is 1. The van der Waals surface area contributed by atoms with E-state index in [1.807, 2.05) is 7.05 Å². The number of alkyl halides is 5. The van der Waals surface area contributed by atoms with Gasteiger partial charge in [-0.3, -0.25) is 10.1 Å². The van der Waals surface area contributed by atoms with Crippen molar-refractivity contribution < 1.29 is 26.5 Å². The number of rotatable bonds is 8. The smallest absolute Gasteiger partial charge is 0.368 e. The summed E-state index contributed by atoms with van der Waals surface area (Å²) in [6, 6.07) is 1.22. The fourth-order valence-electron chi connectivity index (χ4n) is 3.92. The van der Waals surface area contributed by atoms with Crippen molar-refractivity contribution in [3.05, 3.63) is 27.8 Å². The number of halogens is 5. The Labute approximate surface area is 202 Å². The van der Waals surface area contributed by atoms with Gasteiger partial charge >= 0.3 is 6.18 Å². The SMILES string of the molecule is CN1CCCC(S(=O)(=O)c2cc([N+](=O)[O-])cc(C(F)(F)F)c2N(CCBr)CCBr)CCC1. The predicted molar refractivity (Wildman–Crippen MR) is 125 cm³/mol. The molecule has 0 N–H and O–H groups in total. The summed E-state index contributed by atoms with van der Waals surface area (Å²) in [7, 11) is -2.33. The minimum atomic E-state index is -4.97. The van der Waals surface area contributed by atoms with Crippen molar-refractivity contribution in [2.75, 3.05) is 48.8 Å². The van der Waals surface area contributed by atoms with E-state index in [-0.39, 0.29) is 25.9 Å². The van der Waals surface area contributed by atoms with Gasteiger partial charge in [-0.1, -0.05) is 31.9 Å². The van der Waals surface area contributed by atoms with Crippen molar-refractivity contribution in [2.24, 2.45) is 0 Å². The second kappa shape index (κ2) is 11.5. The first-order valence-corrected chi connectivity index (χ1v) is 13.9. The first-order chi connectivity index (χ1) is 14.9. The monoisotopic (exact) mass is 607 g/mol. The molecule has 0 aromatic heterocycles. The lowest BCUT2D eigenvalue weighted by molar-refractivity contribution is -0.385. The van der Waals surface area contributed by atoms with E-state index < -0.39 is 48.0 Å². The van der Waals surface area contributed by atoms with Crippen LogP contribution in [0.4, 0.5) is 24.5 Å². The largest absolute Gasteiger partial charge is 0.418 e. The molecule has 1 saturated heterocycles. The van der Waals surface area contributed by atoms with Gasteiger partial charge in [0.05, 0.1) is 26.3 Å². The van der Waals surface area contributed by atoms with E-state index in [4.69, 9.17) is 0 Å². The van der Waals surface area contributed by atoms with Crippen molar-refractivity contribution in [3.8, 4) is 0 Å². The molecule has 0 radical (unpaired) electrons. The molecule has 13 heteroatoms. The number of hydrogen-bond donors (Lipinski definition) is 0. The number of nitro benzene ring substituents is 1. The highest BCUT2D eigenvalue weighted by molar-refractivity contribution is 9.09. The molecule has 0 amide bonds. The highest BCUT2D eigenvalue weighted by Gasteiger charge is 2.42. The van der Waals surface area contributed by atoms with Gasteiger partial charge in [0.25, 0.3) is 5.69 Å². The summed E-state index contributed by atoms with van der Waals surface area (Å²) in [5.41, 5.74) is -2.71. The fraction of sp³-hybridized carbons (Fsp3) is 0.684. The second-order valence-electron chi connectivity index (χ2n) is 7.71. The van der Waals surface area contributed by atoms with E-state index in [1.165, 1.54) is 4.90 Å². The van der Waals surface area contributed by atoms with E-state index in [2.05, 4.69) is 36.8 Å². The molecule has 1 fully saturated rings. The lowest BCUT2D eigenvalue weighted by Gasteiger charge is -2.31. The summed E-state index contributed by atoms with van der Waals surface area (Å²) in [6.45, 7) is 1.57. The Bertz CT molecular complexity index is 900. The van der Waals surface area contributed by atoms with Gasteiger partial charge in [-0.15, -0.1) is 0 Å². The molecule has 1 aliphatic heterocycles. The molecule has 1 aromatic carbocycles. The molecule has 7 nitrogen and oxygen atoms in total. The lowest BCUT2D eigenvalue weighted by atomic mass is 10.1. The number of hydrogen-bond acceptors (Lipinski definition) is 6. The zero-order valence-corrected chi connectivity index (χ0v) is 21.6. The maximum absolute atomic E-state index is 14.0. The van der Waals surface area contributed by atoms with Crippen LogP contribution < -0.4 is 4.90 Å². The first-order valence-electron chi connectivity index (χ1n) is 10.1. The van der Waals surface area contributed by atoms with Crippen molar-refractivity contribution in [1.82, 2.24) is 4.90 Å². The van der Waals surface area contributed by atoms with E-state index in [0.29, 0.717) is 42.7 Å². The third-order valence-electron chi connectivity index (χ3n) is 5.48. The van der Waals surface area contributed by atoms with Crippen molar-refractivity contribution in [2.45, 2.75) is 42.0 Å². The molecular weight excluding hydrogens is 583 g/mol. The summed E-state index contributed by atoms with van der Waals surface area (Å²) in [5, 5.41) is 11.1. The third kappa shape index (κ3) is 6.57. The van der Waals surface area contributed by atoms with Gasteiger partial charge in [0, 0.05) is 35.9 Å². The number of anilines is 1. The molecule has 0 unspecified atom stereocenters. The van der Waals surface area contributed by atoms with Crippen LogP contribution >= 0.6 is 31.9 Å². The minimum Gasteiger partial charge on any atom is -0.368 e. The van der Waals surface area contributed by atoms with Crippen LogP contribution in [0.2, 0.25) is 0 Å². The number of nitrogens with zero attached hydrogens (tertiary/aromatic N) is 3. The molecule has 0 spiro atoms. The van der Waals surface area contributed by atoms with Gasteiger partial charge in [0.1, 0.15) is 0 Å². The van der Waals surface area contributed by atoms with Gasteiger partial charge in [-0.05, 0) is 45.8 Å². The van der Waals surface area contributed by atoms with Crippen LogP contribution in [-0.4, -0.2) is 67.4 Å². The van der Waals surface area contributed by atoms with Crippen molar-refractivity contribution in [1.29, 1.82) is 0 Å². The molecule has 0 aliphatic carbocycles. The van der Waals surface area contributed by atoms with Crippen LogP contribution in [0.15, 0.2) is 17.0 Å². The van der Waals surface area contributed by atoms with Gasteiger partial charge in [0.2, 0.25) is 0 Å². The fourth-order valence-corrected chi connectivity index (χ4v) is 6.88. The molecule has 182 valence electrons. The molecule has 32 heavy (non-hydrogen) atoms. The summed E-state index contributed by atoms with van der Waals surface area (Å²) < 4.78 is 69.4. The first kappa shape index (κ1) is 27.3. The topological polar surface area (TPSA) is 83.8 Å². The highest BCUT2D eigenvalue weighted by Crippen LogP contribution is 2.44. The van der Waals surface area contributed by atoms with Crippen LogP contribution in [0.25, 0.3) is 0 Å². The van der Waals surface area contributed by atoms with Crippen LogP contribution in [0.1, 0.15) is 31.2 Å². The van der Waals surface area contributed by atoms with E-state index in [9.17, 15) is 31.7 Å². The molecule has 2 rings (SSSR count). The Morgan fingerprint density at radius 3 is 2.12 bits per heavy atom. The molecule has 0 saturated carbocycles. The normalized spacial score (nSPS) is 17.1. The Balaban J connectivity index is 2.76. The van der Waals surface area contributed by atoms with Crippen LogP contribution in [-0.2, 0) is 16.0 Å². The van der Waals surface area contributed by atoms with Gasteiger partial charge in [-0.2, -0.15) is 13.2 Å². The summed E-state index contributed by atoms with van der Waals surface area (Å²) in [6.07, 6.45) is -3.25. The van der Waals surface area contributed by atoms with Gasteiger partial charge in [-0.25, -0.2) is 8.42 Å². The molecule has 0 atom stereocenters. The van der Waals surface area contributed by atoms with Crippen molar-refractivity contribution in [3.63, 3.8) is 0 Å². The lowest BCUT2D eigenvalue weighted by Crippen LogP contribution is -2.34. The number of sulfone groups is 1. The molecular formula is C19H26Br2F3N3O4S. The van der Waals surface area contributed by atoms with Crippen LogP contribution in [0.5, 0.6) is 0 Å². The predicted octanol–water partition coefficient (Wildman–Crippen LogP) is 4.86. The van der Waals surface area contributed by atoms with E-state index in [1.54, 1.807) is 0 Å². The quantitative estimate of drug-likeness (QED) is 0.238. The third-order valence-corrected chi connectivity index (χ3v) is 8.46. The number of nitro groups is 1. The van der Waals surface area contributed by atoms with Gasteiger partial charge in [0.15, 0.2) is 9.84 Å². The van der Waals surface area contributed by atoms with Gasteiger partial charge < -0.3 is 9.80 Å². The van der Waals surface area contributed by atoms with Crippen LogP contribution in [0, 0.1) is 10.1 Å². The zero-order chi connectivity index (χ0) is 24.1. The zero-order valence-electron chi connectivity index (χ0n) is 17.6. The maximum atomic E-state index is 14.0. The Morgan fingerprint density at radius 2 is 1.69 bits per heavy atom. The molecule has 1 aliphatic rings. The van der Waals surface area contributed by atoms with Crippen molar-refractivity contribution >= 4 is 53.1 Å². The molecule has 0 bridgehead atoms. The highest BCUT2D eigenvalue weighted by atomic mass is 79.9. The summed E-state index contributed by atoms with van der Waals surface area (Å²) in [4.78, 5) is 13.2. The molecule has 1 aromatic rings. The van der Waals surface area contributed by atoms with E-state index in [0.717, 1.165) is 6.07 Å². The average Bonchev–Trinajstić information content (AvgIpc) is 2.68. The Hall–Kier alpha value is -0.920. The van der Waals surface area contributed by atoms with E-state index >= 15 is 0 Å². The Morgan fingerprint density at radius 1 is 1.16 bits per heavy atom. The average molecular weight is 609 g/mol. The summed E-state index contributed by atoms with van der Waals surface area (Å²) >= 11 is 6.41. The van der Waals surface area contributed by atoms with Crippen LogP contribution in [0.3, 0.4) is 0 Å². The number of benzene rings is 1. The molecule has 1 heterocycles. The second-order valence-corrected chi connectivity index (χ2v) is 11.5. The summed E-state index contributed by atoms with van der Waals surface area (Å²) in [5.74, 6) is 0. The number of likely N-dealkylation sites (tertiary alicyclic amines) is 1. The standard InChI is InChI=1S/C19H26Br2F3N3O4S/c1-25-8-2-4-15(5-3-9-25)32(30,31)17-13-14(27(28)29)12-16(19(22,23)24)18(17)26(10-6-20)11-7-21/h12-13,15H,2-11H2,1H3. The maximum Gasteiger partial charge on any atom is 0.418 e.